The number of hydrogen-bond donors (Lipinski definition) is 2. The first-order valence-corrected chi connectivity index (χ1v) is 8.21. The molecule has 2 aromatic rings. The third-order valence-corrected chi connectivity index (χ3v) is 3.24. The Hall–Kier alpha value is -2.96. The molecule has 0 aliphatic heterocycles. The Morgan fingerprint density at radius 1 is 1.12 bits per heavy atom. The van der Waals surface area contributed by atoms with Gasteiger partial charge in [-0.25, -0.2) is 9.59 Å². The molecule has 1 aromatic heterocycles. The Morgan fingerprint density at radius 3 is 2.38 bits per heavy atom. The maximum Gasteiger partial charge on any atom is 0.408 e. The summed E-state index contributed by atoms with van der Waals surface area (Å²) in [4.78, 5) is 23.2. The van der Waals surface area contributed by atoms with Crippen molar-refractivity contribution in [1.82, 2.24) is 5.32 Å². The molecule has 1 atom stereocenters. The van der Waals surface area contributed by atoms with E-state index in [2.05, 4.69) is 5.32 Å². The third-order valence-electron chi connectivity index (χ3n) is 3.24. The number of carbonyl (C=O) groups is 2. The summed E-state index contributed by atoms with van der Waals surface area (Å²) < 4.78 is 16.3. The van der Waals surface area contributed by atoms with Crippen molar-refractivity contribution in [1.29, 1.82) is 0 Å². The molecular formula is C19H23NO6. The zero-order chi connectivity index (χ0) is 19.2. The summed E-state index contributed by atoms with van der Waals surface area (Å²) in [5, 5.41) is 11.6. The predicted molar refractivity (Wildman–Crippen MR) is 94.0 cm³/mol. The summed E-state index contributed by atoms with van der Waals surface area (Å²) in [7, 11) is 0. The molecule has 26 heavy (non-hydrogen) atoms. The van der Waals surface area contributed by atoms with Crippen LogP contribution in [0.25, 0.3) is 0 Å². The van der Waals surface area contributed by atoms with E-state index in [0.717, 1.165) is 0 Å². The number of rotatable bonds is 7. The molecule has 1 heterocycles. The van der Waals surface area contributed by atoms with E-state index in [0.29, 0.717) is 17.3 Å². The van der Waals surface area contributed by atoms with Crippen LogP contribution < -0.4 is 10.1 Å². The molecule has 0 aliphatic carbocycles. The van der Waals surface area contributed by atoms with Crippen molar-refractivity contribution in [3.05, 3.63) is 54.0 Å². The summed E-state index contributed by atoms with van der Waals surface area (Å²) in [6.07, 6.45) is -0.788. The van der Waals surface area contributed by atoms with Gasteiger partial charge in [0.25, 0.3) is 0 Å². The van der Waals surface area contributed by atoms with Crippen molar-refractivity contribution in [2.75, 3.05) is 0 Å². The molecule has 2 rings (SSSR count). The van der Waals surface area contributed by atoms with Crippen molar-refractivity contribution in [3.63, 3.8) is 0 Å². The van der Waals surface area contributed by atoms with E-state index in [-0.39, 0.29) is 13.0 Å². The van der Waals surface area contributed by atoms with Gasteiger partial charge in [0, 0.05) is 6.42 Å². The van der Waals surface area contributed by atoms with Crippen molar-refractivity contribution < 1.29 is 28.6 Å². The minimum atomic E-state index is -1.17. The molecule has 0 saturated carbocycles. The highest BCUT2D eigenvalue weighted by molar-refractivity contribution is 5.80. The zero-order valence-electron chi connectivity index (χ0n) is 15.0. The molecule has 1 aromatic carbocycles. The topological polar surface area (TPSA) is 98.0 Å². The molecule has 0 fully saturated rings. The Balaban J connectivity index is 1.92. The van der Waals surface area contributed by atoms with Gasteiger partial charge in [0.2, 0.25) is 0 Å². The number of aliphatic carboxylic acids is 1. The van der Waals surface area contributed by atoms with Gasteiger partial charge in [-0.1, -0.05) is 18.2 Å². The lowest BCUT2D eigenvalue weighted by molar-refractivity contribution is -0.139. The number of carbonyl (C=O) groups excluding carboxylic acids is 1. The van der Waals surface area contributed by atoms with Crippen LogP contribution >= 0.6 is 0 Å². The number of hydrogen-bond acceptors (Lipinski definition) is 5. The van der Waals surface area contributed by atoms with E-state index in [1.807, 2.05) is 30.3 Å². The van der Waals surface area contributed by atoms with E-state index in [1.54, 1.807) is 32.9 Å². The van der Waals surface area contributed by atoms with Crippen molar-refractivity contribution in [2.45, 2.75) is 45.4 Å². The van der Waals surface area contributed by atoms with Gasteiger partial charge >= 0.3 is 12.1 Å². The SMILES string of the molecule is CC(C)(C)OC(=O)NC(Cc1ccc(COc2ccccc2)o1)C(=O)O. The normalized spacial score (nSPS) is 12.3. The number of furan rings is 1. The average molecular weight is 361 g/mol. The molecule has 0 saturated heterocycles. The molecule has 7 heteroatoms. The van der Waals surface area contributed by atoms with Crippen LogP contribution in [0.4, 0.5) is 4.79 Å². The summed E-state index contributed by atoms with van der Waals surface area (Å²) in [5.41, 5.74) is -0.709. The van der Waals surface area contributed by atoms with Gasteiger partial charge in [0.15, 0.2) is 0 Å². The van der Waals surface area contributed by atoms with Crippen LogP contribution in [0.5, 0.6) is 5.75 Å². The minimum absolute atomic E-state index is 0.0000861. The van der Waals surface area contributed by atoms with Crippen LogP contribution in [0.3, 0.4) is 0 Å². The summed E-state index contributed by atoms with van der Waals surface area (Å²) in [5.74, 6) is 0.528. The fourth-order valence-corrected chi connectivity index (χ4v) is 2.13. The van der Waals surface area contributed by atoms with Gasteiger partial charge in [-0.05, 0) is 45.0 Å². The number of alkyl carbamates (subject to hydrolysis) is 1. The summed E-state index contributed by atoms with van der Waals surface area (Å²) in [6, 6.07) is 11.5. The number of benzene rings is 1. The molecule has 1 unspecified atom stereocenters. The lowest BCUT2D eigenvalue weighted by Gasteiger charge is -2.21. The third kappa shape index (κ3) is 6.51. The second kappa shape index (κ2) is 8.42. The van der Waals surface area contributed by atoms with Crippen LogP contribution in [-0.2, 0) is 22.6 Å². The van der Waals surface area contributed by atoms with Gasteiger partial charge in [0.1, 0.15) is 35.5 Å². The summed E-state index contributed by atoms with van der Waals surface area (Å²) >= 11 is 0. The van der Waals surface area contributed by atoms with Crippen LogP contribution in [-0.4, -0.2) is 28.8 Å². The maximum absolute atomic E-state index is 11.8. The highest BCUT2D eigenvalue weighted by Crippen LogP contribution is 2.15. The number of ether oxygens (including phenoxy) is 2. The fraction of sp³-hybridized carbons (Fsp3) is 0.368. The highest BCUT2D eigenvalue weighted by atomic mass is 16.6. The predicted octanol–water partition coefficient (Wildman–Crippen LogP) is 3.38. The van der Waals surface area contributed by atoms with E-state index in [9.17, 15) is 14.7 Å². The Morgan fingerprint density at radius 2 is 1.77 bits per heavy atom. The van der Waals surface area contributed by atoms with E-state index in [4.69, 9.17) is 13.9 Å². The van der Waals surface area contributed by atoms with Crippen molar-refractivity contribution in [3.8, 4) is 5.75 Å². The lowest BCUT2D eigenvalue weighted by atomic mass is 10.1. The van der Waals surface area contributed by atoms with Crippen LogP contribution in [0.1, 0.15) is 32.3 Å². The molecule has 0 radical (unpaired) electrons. The zero-order valence-corrected chi connectivity index (χ0v) is 15.0. The number of carboxylic acids is 1. The highest BCUT2D eigenvalue weighted by Gasteiger charge is 2.25. The van der Waals surface area contributed by atoms with Gasteiger partial charge < -0.3 is 24.3 Å². The number of amides is 1. The number of carboxylic acid groups (broad SMARTS) is 1. The minimum Gasteiger partial charge on any atom is -0.486 e. The standard InChI is InChI=1S/C19H23NO6/c1-19(2,3)26-18(23)20-16(17(21)22)11-14-9-10-15(25-14)12-24-13-7-5-4-6-8-13/h4-10,16H,11-12H2,1-3H3,(H,20,23)(H,21,22). The average Bonchev–Trinajstić information content (AvgIpc) is 2.99. The molecule has 1 amide bonds. The van der Waals surface area contributed by atoms with E-state index < -0.39 is 23.7 Å². The van der Waals surface area contributed by atoms with Gasteiger partial charge in [-0.3, -0.25) is 0 Å². The molecule has 7 nitrogen and oxygen atoms in total. The molecule has 0 bridgehead atoms. The molecule has 0 aliphatic rings. The Labute approximate surface area is 151 Å². The van der Waals surface area contributed by atoms with Crippen molar-refractivity contribution >= 4 is 12.1 Å². The van der Waals surface area contributed by atoms with Gasteiger partial charge in [-0.2, -0.15) is 0 Å². The first-order chi connectivity index (χ1) is 12.2. The number of nitrogens with one attached hydrogen (secondary N) is 1. The molecule has 140 valence electrons. The first kappa shape index (κ1) is 19.4. The fourth-order valence-electron chi connectivity index (χ4n) is 2.13. The molecule has 0 spiro atoms. The second-order valence-corrected chi connectivity index (χ2v) is 6.71. The van der Waals surface area contributed by atoms with Crippen molar-refractivity contribution in [2.24, 2.45) is 0 Å². The van der Waals surface area contributed by atoms with E-state index in [1.165, 1.54) is 0 Å². The Kier molecular flexibility index (Phi) is 6.27. The number of para-hydroxylation sites is 1. The maximum atomic E-state index is 11.8. The van der Waals surface area contributed by atoms with E-state index >= 15 is 0 Å². The first-order valence-electron chi connectivity index (χ1n) is 8.21. The smallest absolute Gasteiger partial charge is 0.408 e. The quantitative estimate of drug-likeness (QED) is 0.784. The summed E-state index contributed by atoms with van der Waals surface area (Å²) in [6.45, 7) is 5.33. The monoisotopic (exact) mass is 361 g/mol. The van der Waals surface area contributed by atoms with Crippen LogP contribution in [0.2, 0.25) is 0 Å². The second-order valence-electron chi connectivity index (χ2n) is 6.71. The Bertz CT molecular complexity index is 732. The lowest BCUT2D eigenvalue weighted by Crippen LogP contribution is -2.44. The van der Waals surface area contributed by atoms with Gasteiger partial charge in [-0.15, -0.1) is 0 Å². The van der Waals surface area contributed by atoms with Crippen LogP contribution in [0.15, 0.2) is 46.9 Å². The molecular weight excluding hydrogens is 338 g/mol. The van der Waals surface area contributed by atoms with Crippen LogP contribution in [0, 0.1) is 0 Å². The molecule has 2 N–H and O–H groups in total. The van der Waals surface area contributed by atoms with Gasteiger partial charge in [0.05, 0.1) is 0 Å². The largest absolute Gasteiger partial charge is 0.486 e.